The van der Waals surface area contributed by atoms with Gasteiger partial charge in [0.1, 0.15) is 0 Å². The van der Waals surface area contributed by atoms with Gasteiger partial charge in [0.2, 0.25) is 0 Å². The van der Waals surface area contributed by atoms with Crippen LogP contribution in [0.4, 0.5) is 0 Å². The van der Waals surface area contributed by atoms with Crippen molar-refractivity contribution in [2.75, 3.05) is 0 Å². The molecule has 0 saturated heterocycles. The van der Waals surface area contributed by atoms with Gasteiger partial charge in [-0.2, -0.15) is 5.10 Å². The lowest BCUT2D eigenvalue weighted by Crippen LogP contribution is -2.43. The summed E-state index contributed by atoms with van der Waals surface area (Å²) in [6, 6.07) is 27.8. The summed E-state index contributed by atoms with van der Waals surface area (Å²) >= 11 is 6.85. The quantitative estimate of drug-likeness (QED) is 0.113. The molecule has 0 spiro atoms. The molecule has 0 atom stereocenters. The fourth-order valence-corrected chi connectivity index (χ4v) is 5.08. The summed E-state index contributed by atoms with van der Waals surface area (Å²) in [7, 11) is 0. The molecule has 186 valence electrons. The number of hydrogen-bond donors (Lipinski definition) is 2. The number of ether oxygens (including phenoxy) is 1. The number of nitrogens with zero attached hydrogens (tertiary/aromatic N) is 1. The average Bonchev–Trinajstić information content (AvgIpc) is 2.90. The predicted octanol–water partition coefficient (Wildman–Crippen LogP) is 6.13. The first-order valence-electron chi connectivity index (χ1n) is 11.2. The zero-order chi connectivity index (χ0) is 26.4. The van der Waals surface area contributed by atoms with Gasteiger partial charge in [-0.05, 0) is 58.2 Å². The van der Waals surface area contributed by atoms with Crippen molar-refractivity contribution in [2.24, 2.45) is 5.10 Å². The van der Waals surface area contributed by atoms with Crippen LogP contribution in [0.5, 0.6) is 5.75 Å². The first kappa shape index (κ1) is 26.5. The van der Waals surface area contributed by atoms with Crippen LogP contribution in [0.15, 0.2) is 111 Å². The highest BCUT2D eigenvalue weighted by atomic mass is 79.9. The lowest BCUT2D eigenvalue weighted by Gasteiger charge is -2.27. The Kier molecular flexibility index (Phi) is 8.33. The fraction of sp³-hybridized carbons (Fsp3) is 0.0690. The number of rotatable bonds is 7. The van der Waals surface area contributed by atoms with Crippen LogP contribution in [0.3, 0.4) is 0 Å². The first-order valence-corrected chi connectivity index (χ1v) is 12.8. The minimum absolute atomic E-state index is 0.231. The Morgan fingerprint density at radius 2 is 1.51 bits per heavy atom. The molecule has 0 aliphatic carbocycles. The molecule has 37 heavy (non-hydrogen) atoms. The van der Waals surface area contributed by atoms with E-state index >= 15 is 0 Å². The zero-order valence-electron chi connectivity index (χ0n) is 19.7. The van der Waals surface area contributed by atoms with Crippen molar-refractivity contribution in [2.45, 2.75) is 12.5 Å². The summed E-state index contributed by atoms with van der Waals surface area (Å²) < 4.78 is 6.89. The van der Waals surface area contributed by atoms with Gasteiger partial charge in [-0.3, -0.25) is 4.79 Å². The molecule has 6 nitrogen and oxygen atoms in total. The van der Waals surface area contributed by atoms with Crippen molar-refractivity contribution in [1.29, 1.82) is 0 Å². The van der Waals surface area contributed by atoms with Crippen LogP contribution in [0, 0.1) is 6.92 Å². The molecular weight excluding hydrogens is 600 g/mol. The van der Waals surface area contributed by atoms with Gasteiger partial charge in [-0.15, -0.1) is 0 Å². The van der Waals surface area contributed by atoms with E-state index in [-0.39, 0.29) is 5.75 Å². The van der Waals surface area contributed by atoms with Crippen LogP contribution in [-0.2, 0) is 10.4 Å². The van der Waals surface area contributed by atoms with Crippen LogP contribution in [-0.4, -0.2) is 23.2 Å². The smallest absolute Gasteiger partial charge is 0.343 e. The fourth-order valence-electron chi connectivity index (χ4n) is 3.74. The molecule has 2 N–H and O–H groups in total. The van der Waals surface area contributed by atoms with Crippen molar-refractivity contribution in [3.8, 4) is 5.75 Å². The average molecular weight is 622 g/mol. The number of benzene rings is 4. The third-order valence-electron chi connectivity index (χ3n) is 5.57. The number of aryl methyl sites for hydroxylation is 1. The van der Waals surface area contributed by atoms with Crippen molar-refractivity contribution < 1.29 is 19.4 Å². The molecular formula is C29H22Br2N2O4. The molecule has 1 amide bonds. The van der Waals surface area contributed by atoms with Crippen LogP contribution < -0.4 is 10.2 Å². The van der Waals surface area contributed by atoms with Gasteiger partial charge in [0.05, 0.1) is 16.3 Å². The number of aliphatic hydroxyl groups is 1. The highest BCUT2D eigenvalue weighted by molar-refractivity contribution is 9.11. The van der Waals surface area contributed by atoms with E-state index in [0.29, 0.717) is 31.2 Å². The maximum atomic E-state index is 13.3. The van der Waals surface area contributed by atoms with E-state index in [1.54, 1.807) is 91.0 Å². The number of esters is 1. The van der Waals surface area contributed by atoms with Gasteiger partial charge in [0, 0.05) is 10.0 Å². The van der Waals surface area contributed by atoms with Gasteiger partial charge >= 0.3 is 5.97 Å². The molecule has 0 fully saturated rings. The number of hydrazone groups is 1. The van der Waals surface area contributed by atoms with Gasteiger partial charge in [0.15, 0.2) is 11.4 Å². The molecule has 0 aliphatic rings. The lowest BCUT2D eigenvalue weighted by molar-refractivity contribution is -0.136. The third kappa shape index (κ3) is 6.05. The summed E-state index contributed by atoms with van der Waals surface area (Å²) in [4.78, 5) is 26.1. The number of carbonyl (C=O) groups is 2. The molecule has 0 saturated carbocycles. The molecule has 4 aromatic rings. The summed E-state index contributed by atoms with van der Waals surface area (Å²) in [6.45, 7) is 1.89. The highest BCUT2D eigenvalue weighted by Gasteiger charge is 2.39. The minimum Gasteiger partial charge on any atom is -0.421 e. The molecule has 0 heterocycles. The standard InChI is InChI=1S/C29H22Br2N2O4/c1-19-9-8-10-20(15-19)27(34)37-26-21(16-24(30)17-25(26)31)18-32-33-28(35)29(36,22-11-4-2-5-12-22)23-13-6-3-7-14-23/h2-18,36H,1H3,(H,33,35)/b32-18+. The lowest BCUT2D eigenvalue weighted by atomic mass is 9.85. The Hall–Kier alpha value is -3.59. The summed E-state index contributed by atoms with van der Waals surface area (Å²) in [5, 5.41) is 15.6. The largest absolute Gasteiger partial charge is 0.421 e. The second-order valence-electron chi connectivity index (χ2n) is 8.21. The second-order valence-corrected chi connectivity index (χ2v) is 9.98. The van der Waals surface area contributed by atoms with Crippen molar-refractivity contribution in [3.63, 3.8) is 0 Å². The minimum atomic E-state index is -1.97. The highest BCUT2D eigenvalue weighted by Crippen LogP contribution is 2.33. The molecule has 0 bridgehead atoms. The van der Waals surface area contributed by atoms with E-state index in [2.05, 4.69) is 42.4 Å². The monoisotopic (exact) mass is 620 g/mol. The van der Waals surface area contributed by atoms with E-state index < -0.39 is 17.5 Å². The van der Waals surface area contributed by atoms with Crippen molar-refractivity contribution >= 4 is 50.0 Å². The topological polar surface area (TPSA) is 88.0 Å². The number of nitrogens with one attached hydrogen (secondary N) is 1. The van der Waals surface area contributed by atoms with Gasteiger partial charge < -0.3 is 9.84 Å². The SMILES string of the molecule is Cc1cccc(C(=O)Oc2c(Br)cc(Br)cc2/C=N/NC(=O)C(O)(c2ccccc2)c2ccccc2)c1. The second kappa shape index (κ2) is 11.6. The number of hydrogen-bond acceptors (Lipinski definition) is 5. The molecule has 8 heteroatoms. The van der Waals surface area contributed by atoms with E-state index in [4.69, 9.17) is 4.74 Å². The van der Waals surface area contributed by atoms with E-state index in [0.717, 1.165) is 5.56 Å². The van der Waals surface area contributed by atoms with E-state index in [1.165, 1.54) is 6.21 Å². The van der Waals surface area contributed by atoms with Gasteiger partial charge in [0.25, 0.3) is 5.91 Å². The van der Waals surface area contributed by atoms with Gasteiger partial charge in [-0.1, -0.05) is 94.3 Å². The number of carbonyl (C=O) groups excluding carboxylic acids is 2. The van der Waals surface area contributed by atoms with Crippen molar-refractivity contribution in [1.82, 2.24) is 5.43 Å². The predicted molar refractivity (Wildman–Crippen MR) is 150 cm³/mol. The number of halogens is 2. The van der Waals surface area contributed by atoms with E-state index in [1.807, 2.05) is 13.0 Å². The third-order valence-corrected chi connectivity index (χ3v) is 6.61. The summed E-state index contributed by atoms with van der Waals surface area (Å²) in [5.74, 6) is -1.05. The Labute approximate surface area is 231 Å². The normalized spacial score (nSPS) is 11.4. The molecule has 0 aromatic heterocycles. The maximum absolute atomic E-state index is 13.3. The van der Waals surface area contributed by atoms with Crippen molar-refractivity contribution in [3.05, 3.63) is 134 Å². The zero-order valence-corrected chi connectivity index (χ0v) is 22.9. The molecule has 0 aliphatic heterocycles. The summed E-state index contributed by atoms with van der Waals surface area (Å²) in [6.07, 6.45) is 1.35. The molecule has 0 radical (unpaired) electrons. The van der Waals surface area contributed by atoms with Crippen LogP contribution in [0.2, 0.25) is 0 Å². The number of amides is 1. The van der Waals surface area contributed by atoms with Crippen LogP contribution >= 0.6 is 31.9 Å². The first-order chi connectivity index (χ1) is 17.8. The maximum Gasteiger partial charge on any atom is 0.343 e. The van der Waals surface area contributed by atoms with E-state index in [9.17, 15) is 14.7 Å². The Morgan fingerprint density at radius 3 is 2.11 bits per heavy atom. The van der Waals surface area contributed by atoms with Crippen LogP contribution in [0.1, 0.15) is 32.6 Å². The van der Waals surface area contributed by atoms with Crippen LogP contribution in [0.25, 0.3) is 0 Å². The molecule has 0 unspecified atom stereocenters. The Balaban J connectivity index is 1.62. The Bertz CT molecular complexity index is 1420. The summed E-state index contributed by atoms with van der Waals surface area (Å²) in [5.41, 5.74) is 3.01. The van der Waals surface area contributed by atoms with Gasteiger partial charge in [-0.25, -0.2) is 10.2 Å². The Morgan fingerprint density at radius 1 is 0.892 bits per heavy atom. The molecule has 4 rings (SSSR count). The molecule has 4 aromatic carbocycles.